The Labute approximate surface area is 127 Å². The Bertz CT molecular complexity index is 571. The molecule has 0 saturated carbocycles. The van der Waals surface area contributed by atoms with Gasteiger partial charge in [0.05, 0.1) is 12.5 Å². The number of carbonyl (C=O) groups excluding carboxylic acids is 1. The molecular formula is C13H19N3O4S. The van der Waals surface area contributed by atoms with Crippen LogP contribution in [0.3, 0.4) is 0 Å². The summed E-state index contributed by atoms with van der Waals surface area (Å²) in [5, 5.41) is 3.45. The molecule has 21 heavy (non-hydrogen) atoms. The van der Waals surface area contributed by atoms with E-state index in [0.717, 1.165) is 0 Å². The zero-order chi connectivity index (χ0) is 15.4. The molecule has 8 heteroatoms. The number of nitrogens with one attached hydrogen (secondary N) is 1. The number of fused-ring (bicyclic) bond motifs is 1. The highest BCUT2D eigenvalue weighted by Gasteiger charge is 2.27. The fourth-order valence-corrected chi connectivity index (χ4v) is 3.10. The van der Waals surface area contributed by atoms with Crippen LogP contribution in [0.5, 0.6) is 0 Å². The standard InChI is InChI=1S/C13H19N3O4S/c1-8-4-15-13-16(12(8)18)6-9(7-21-13)11(17)14-5-10(19-2)20-3/h4,9-10H,5-7H2,1-3H3,(H,14,17). The topological polar surface area (TPSA) is 82.5 Å². The Morgan fingerprint density at radius 1 is 1.57 bits per heavy atom. The lowest BCUT2D eigenvalue weighted by Crippen LogP contribution is -2.43. The molecule has 0 spiro atoms. The summed E-state index contributed by atoms with van der Waals surface area (Å²) in [5.74, 6) is 0.227. The number of aryl methyl sites for hydroxylation is 1. The van der Waals surface area contributed by atoms with E-state index in [-0.39, 0.29) is 23.9 Å². The molecule has 1 amide bonds. The van der Waals surface area contributed by atoms with Gasteiger partial charge in [-0.3, -0.25) is 14.2 Å². The van der Waals surface area contributed by atoms with Crippen LogP contribution >= 0.6 is 11.8 Å². The van der Waals surface area contributed by atoms with Crippen molar-refractivity contribution in [1.82, 2.24) is 14.9 Å². The van der Waals surface area contributed by atoms with Crippen molar-refractivity contribution in [3.05, 3.63) is 22.1 Å². The largest absolute Gasteiger partial charge is 0.354 e. The first-order valence-electron chi connectivity index (χ1n) is 6.59. The van der Waals surface area contributed by atoms with E-state index in [1.54, 1.807) is 17.7 Å². The van der Waals surface area contributed by atoms with E-state index >= 15 is 0 Å². The van der Waals surface area contributed by atoms with Gasteiger partial charge >= 0.3 is 0 Å². The normalized spacial score (nSPS) is 17.6. The van der Waals surface area contributed by atoms with Crippen LogP contribution in [0, 0.1) is 12.8 Å². The minimum Gasteiger partial charge on any atom is -0.354 e. The van der Waals surface area contributed by atoms with E-state index in [4.69, 9.17) is 9.47 Å². The van der Waals surface area contributed by atoms with Gasteiger partial charge < -0.3 is 14.8 Å². The second-order valence-corrected chi connectivity index (χ2v) is 5.78. The number of hydrogen-bond donors (Lipinski definition) is 1. The average Bonchev–Trinajstić information content (AvgIpc) is 2.51. The molecule has 1 aromatic rings. The number of hydrogen-bond acceptors (Lipinski definition) is 6. The van der Waals surface area contributed by atoms with E-state index in [1.165, 1.54) is 26.0 Å². The molecule has 2 heterocycles. The van der Waals surface area contributed by atoms with Crippen molar-refractivity contribution in [3.63, 3.8) is 0 Å². The predicted octanol–water partition coefficient (Wildman–Crippen LogP) is 0.00872. The monoisotopic (exact) mass is 313 g/mol. The van der Waals surface area contributed by atoms with Gasteiger partial charge in [-0.25, -0.2) is 4.98 Å². The van der Waals surface area contributed by atoms with Gasteiger partial charge in [0.2, 0.25) is 5.91 Å². The van der Waals surface area contributed by atoms with Gasteiger partial charge in [-0.2, -0.15) is 0 Å². The van der Waals surface area contributed by atoms with Gasteiger partial charge in [0.25, 0.3) is 5.56 Å². The van der Waals surface area contributed by atoms with E-state index < -0.39 is 6.29 Å². The molecule has 2 rings (SSSR count). The summed E-state index contributed by atoms with van der Waals surface area (Å²) < 4.78 is 11.6. The molecule has 0 fully saturated rings. The van der Waals surface area contributed by atoms with Gasteiger partial charge in [-0.15, -0.1) is 0 Å². The van der Waals surface area contributed by atoms with E-state index in [1.807, 2.05) is 0 Å². The van der Waals surface area contributed by atoms with E-state index in [0.29, 0.717) is 23.0 Å². The van der Waals surface area contributed by atoms with Crippen LogP contribution in [-0.4, -0.2) is 48.3 Å². The minimum atomic E-state index is -0.468. The molecule has 1 N–H and O–H groups in total. The number of carbonyl (C=O) groups is 1. The highest BCUT2D eigenvalue weighted by molar-refractivity contribution is 7.99. The summed E-state index contributed by atoms with van der Waals surface area (Å²) in [7, 11) is 3.03. The van der Waals surface area contributed by atoms with Crippen molar-refractivity contribution >= 4 is 17.7 Å². The maximum atomic E-state index is 12.2. The fourth-order valence-electron chi connectivity index (χ4n) is 2.05. The van der Waals surface area contributed by atoms with Crippen LogP contribution in [0.15, 0.2) is 16.1 Å². The highest BCUT2D eigenvalue weighted by Crippen LogP contribution is 2.24. The molecular weight excluding hydrogens is 294 g/mol. The summed E-state index contributed by atoms with van der Waals surface area (Å²) in [6, 6.07) is 0. The Hall–Kier alpha value is -1.38. The molecule has 0 aromatic carbocycles. The number of amides is 1. The fraction of sp³-hybridized carbons (Fsp3) is 0.615. The highest BCUT2D eigenvalue weighted by atomic mass is 32.2. The van der Waals surface area contributed by atoms with Crippen molar-refractivity contribution in [2.24, 2.45) is 5.92 Å². The second-order valence-electron chi connectivity index (χ2n) is 4.79. The molecule has 0 aliphatic carbocycles. The molecule has 1 unspecified atom stereocenters. The van der Waals surface area contributed by atoms with Crippen molar-refractivity contribution in [1.29, 1.82) is 0 Å². The summed E-state index contributed by atoms with van der Waals surface area (Å²) in [6.07, 6.45) is 1.10. The van der Waals surface area contributed by atoms with E-state index in [9.17, 15) is 9.59 Å². The quantitative estimate of drug-likeness (QED) is 0.609. The van der Waals surface area contributed by atoms with Crippen molar-refractivity contribution in [2.45, 2.75) is 24.9 Å². The minimum absolute atomic E-state index is 0.0864. The first-order valence-corrected chi connectivity index (χ1v) is 7.58. The molecule has 0 radical (unpaired) electrons. The van der Waals surface area contributed by atoms with Crippen molar-refractivity contribution < 1.29 is 14.3 Å². The van der Waals surface area contributed by atoms with E-state index in [2.05, 4.69) is 10.3 Å². The molecule has 7 nitrogen and oxygen atoms in total. The third kappa shape index (κ3) is 3.63. The lowest BCUT2D eigenvalue weighted by atomic mass is 10.1. The zero-order valence-electron chi connectivity index (χ0n) is 12.3. The van der Waals surface area contributed by atoms with Crippen LogP contribution in [0.2, 0.25) is 0 Å². The van der Waals surface area contributed by atoms with Gasteiger partial charge in [0.1, 0.15) is 0 Å². The number of nitrogens with zero attached hydrogens (tertiary/aromatic N) is 2. The first kappa shape index (κ1) is 16.0. The second kappa shape index (κ2) is 7.06. The molecule has 1 aliphatic heterocycles. The molecule has 1 aromatic heterocycles. The van der Waals surface area contributed by atoms with Crippen LogP contribution in [-0.2, 0) is 20.8 Å². The Balaban J connectivity index is 2.02. The van der Waals surface area contributed by atoms with Gasteiger partial charge in [-0.05, 0) is 6.92 Å². The number of thioether (sulfide) groups is 1. The van der Waals surface area contributed by atoms with Gasteiger partial charge in [0, 0.05) is 38.3 Å². The van der Waals surface area contributed by atoms with Gasteiger partial charge in [-0.1, -0.05) is 11.8 Å². The smallest absolute Gasteiger partial charge is 0.257 e. The van der Waals surface area contributed by atoms with Crippen molar-refractivity contribution in [3.8, 4) is 0 Å². The molecule has 116 valence electrons. The summed E-state index contributed by atoms with van der Waals surface area (Å²) in [5.41, 5.74) is 0.496. The van der Waals surface area contributed by atoms with Gasteiger partial charge in [0.15, 0.2) is 11.4 Å². The molecule has 0 bridgehead atoms. The average molecular weight is 313 g/mol. The van der Waals surface area contributed by atoms with Crippen LogP contribution < -0.4 is 10.9 Å². The van der Waals surface area contributed by atoms with Crippen LogP contribution in [0.1, 0.15) is 5.56 Å². The Kier molecular flexibility index (Phi) is 5.38. The summed E-state index contributed by atoms with van der Waals surface area (Å²) in [6.45, 7) is 2.35. The Morgan fingerprint density at radius 3 is 2.95 bits per heavy atom. The van der Waals surface area contributed by atoms with Crippen LogP contribution in [0.25, 0.3) is 0 Å². The number of rotatable bonds is 5. The lowest BCUT2D eigenvalue weighted by Gasteiger charge is -2.25. The van der Waals surface area contributed by atoms with Crippen molar-refractivity contribution in [2.75, 3.05) is 26.5 Å². The maximum Gasteiger partial charge on any atom is 0.257 e. The molecule has 1 aliphatic rings. The zero-order valence-corrected chi connectivity index (χ0v) is 13.1. The predicted molar refractivity (Wildman–Crippen MR) is 78.3 cm³/mol. The third-order valence-electron chi connectivity index (χ3n) is 3.34. The number of methoxy groups -OCH3 is 2. The van der Waals surface area contributed by atoms with Crippen LogP contribution in [0.4, 0.5) is 0 Å². The first-order chi connectivity index (χ1) is 10.1. The summed E-state index contributed by atoms with van der Waals surface area (Å²) >= 11 is 1.42. The lowest BCUT2D eigenvalue weighted by molar-refractivity contribution is -0.130. The Morgan fingerprint density at radius 2 is 2.29 bits per heavy atom. The number of ether oxygens (including phenoxy) is 2. The summed E-state index contributed by atoms with van der Waals surface area (Å²) in [4.78, 5) is 28.5. The number of aromatic nitrogens is 2. The third-order valence-corrected chi connectivity index (χ3v) is 4.49. The molecule has 1 atom stereocenters. The molecule has 0 saturated heterocycles. The SMILES string of the molecule is COC(CNC(=O)C1CSc2ncc(C)c(=O)n2C1)OC. The maximum absolute atomic E-state index is 12.2.